The SMILES string of the molecule is COCC(=O)N[C@@H]1CN(Cc2ccc(F)cc2F)C[C@H]1c1nccn1C. The van der Waals surface area contributed by atoms with Crippen molar-refractivity contribution in [2.24, 2.45) is 7.05 Å². The highest BCUT2D eigenvalue weighted by molar-refractivity contribution is 5.77. The number of benzene rings is 1. The fourth-order valence-electron chi connectivity index (χ4n) is 3.43. The molecule has 0 bridgehead atoms. The molecule has 1 amide bonds. The van der Waals surface area contributed by atoms with Gasteiger partial charge in [-0.1, -0.05) is 6.07 Å². The number of aryl methyl sites for hydroxylation is 1. The van der Waals surface area contributed by atoms with Gasteiger partial charge in [0.05, 0.1) is 12.0 Å². The summed E-state index contributed by atoms with van der Waals surface area (Å²) >= 11 is 0. The standard InChI is InChI=1S/C18H22F2N4O2/c1-23-6-5-21-18(23)14-9-24(10-16(14)22-17(25)11-26-2)8-12-3-4-13(19)7-15(12)20/h3-7,14,16H,8-11H2,1-2H3,(H,22,25)/t14-,16-/m1/s1. The number of aromatic nitrogens is 2. The Kier molecular flexibility index (Phi) is 5.63. The largest absolute Gasteiger partial charge is 0.375 e. The van der Waals surface area contributed by atoms with Crippen molar-refractivity contribution in [2.75, 3.05) is 26.8 Å². The zero-order valence-corrected chi connectivity index (χ0v) is 14.8. The highest BCUT2D eigenvalue weighted by Crippen LogP contribution is 2.28. The van der Waals surface area contributed by atoms with E-state index in [0.29, 0.717) is 25.2 Å². The van der Waals surface area contributed by atoms with Crippen LogP contribution in [0.15, 0.2) is 30.6 Å². The Morgan fingerprint density at radius 2 is 2.19 bits per heavy atom. The lowest BCUT2D eigenvalue weighted by Gasteiger charge is -2.19. The summed E-state index contributed by atoms with van der Waals surface area (Å²) in [5.41, 5.74) is 0.425. The quantitative estimate of drug-likeness (QED) is 0.843. The third-order valence-electron chi connectivity index (χ3n) is 4.62. The number of amides is 1. The van der Waals surface area contributed by atoms with E-state index in [1.54, 1.807) is 6.20 Å². The van der Waals surface area contributed by atoms with Gasteiger partial charge >= 0.3 is 0 Å². The number of imidazole rings is 1. The Morgan fingerprint density at radius 1 is 1.38 bits per heavy atom. The summed E-state index contributed by atoms with van der Waals surface area (Å²) < 4.78 is 33.9. The van der Waals surface area contributed by atoms with E-state index in [0.717, 1.165) is 11.9 Å². The molecule has 6 nitrogen and oxygen atoms in total. The van der Waals surface area contributed by atoms with E-state index in [-0.39, 0.29) is 24.5 Å². The number of ether oxygens (including phenoxy) is 1. The van der Waals surface area contributed by atoms with Crippen LogP contribution in [0.1, 0.15) is 17.3 Å². The molecule has 0 aliphatic carbocycles. The summed E-state index contributed by atoms with van der Waals surface area (Å²) in [5, 5.41) is 2.97. The molecular formula is C18H22F2N4O2. The van der Waals surface area contributed by atoms with Gasteiger partial charge in [0.2, 0.25) is 5.91 Å². The van der Waals surface area contributed by atoms with Gasteiger partial charge < -0.3 is 14.6 Å². The molecule has 3 rings (SSSR count). The van der Waals surface area contributed by atoms with Crippen LogP contribution in [-0.4, -0.2) is 53.2 Å². The van der Waals surface area contributed by atoms with Crippen molar-refractivity contribution in [3.8, 4) is 0 Å². The van der Waals surface area contributed by atoms with E-state index >= 15 is 0 Å². The average molecular weight is 364 g/mol. The Morgan fingerprint density at radius 3 is 2.85 bits per heavy atom. The first kappa shape index (κ1) is 18.5. The van der Waals surface area contributed by atoms with Crippen LogP contribution in [0.3, 0.4) is 0 Å². The molecule has 0 spiro atoms. The van der Waals surface area contributed by atoms with Gasteiger partial charge in [0, 0.05) is 57.8 Å². The zero-order valence-electron chi connectivity index (χ0n) is 14.8. The summed E-state index contributed by atoms with van der Waals surface area (Å²) in [6, 6.07) is 3.43. The maximum absolute atomic E-state index is 14.0. The Hall–Kier alpha value is -2.32. The summed E-state index contributed by atoms with van der Waals surface area (Å²) in [6.45, 7) is 1.48. The Bertz CT molecular complexity index is 780. The van der Waals surface area contributed by atoms with Crippen molar-refractivity contribution in [3.05, 3.63) is 53.6 Å². The minimum absolute atomic E-state index is 0.0175. The van der Waals surface area contributed by atoms with Crippen LogP contribution >= 0.6 is 0 Å². The molecule has 2 heterocycles. The molecule has 1 aliphatic heterocycles. The van der Waals surface area contributed by atoms with E-state index in [1.165, 1.54) is 19.2 Å². The average Bonchev–Trinajstić information content (AvgIpc) is 3.16. The van der Waals surface area contributed by atoms with Crippen molar-refractivity contribution in [3.63, 3.8) is 0 Å². The monoisotopic (exact) mass is 364 g/mol. The lowest BCUT2D eigenvalue weighted by atomic mass is 10.0. The van der Waals surface area contributed by atoms with Gasteiger partial charge in [0.25, 0.3) is 0 Å². The van der Waals surface area contributed by atoms with Crippen LogP contribution < -0.4 is 5.32 Å². The predicted molar refractivity (Wildman–Crippen MR) is 91.4 cm³/mol. The number of nitrogens with one attached hydrogen (secondary N) is 1. The number of hydrogen-bond acceptors (Lipinski definition) is 4. The molecular weight excluding hydrogens is 342 g/mol. The minimum Gasteiger partial charge on any atom is -0.375 e. The smallest absolute Gasteiger partial charge is 0.246 e. The zero-order chi connectivity index (χ0) is 18.7. The first-order valence-corrected chi connectivity index (χ1v) is 8.39. The van der Waals surface area contributed by atoms with Gasteiger partial charge in [-0.05, 0) is 6.07 Å². The van der Waals surface area contributed by atoms with E-state index in [1.807, 2.05) is 22.7 Å². The molecule has 1 aromatic carbocycles. The second-order valence-corrected chi connectivity index (χ2v) is 6.54. The first-order valence-electron chi connectivity index (χ1n) is 8.39. The number of likely N-dealkylation sites (tertiary alicyclic amines) is 1. The minimum atomic E-state index is -0.594. The van der Waals surface area contributed by atoms with E-state index in [4.69, 9.17) is 4.74 Å². The molecule has 26 heavy (non-hydrogen) atoms. The third kappa shape index (κ3) is 4.08. The van der Waals surface area contributed by atoms with Crippen molar-refractivity contribution in [2.45, 2.75) is 18.5 Å². The number of hydrogen-bond donors (Lipinski definition) is 1. The third-order valence-corrected chi connectivity index (χ3v) is 4.62. The molecule has 2 aromatic rings. The topological polar surface area (TPSA) is 59.4 Å². The van der Waals surface area contributed by atoms with Crippen LogP contribution in [0.4, 0.5) is 8.78 Å². The summed E-state index contributed by atoms with van der Waals surface area (Å²) in [4.78, 5) is 18.4. The van der Waals surface area contributed by atoms with Crippen LogP contribution in [0.2, 0.25) is 0 Å². The van der Waals surface area contributed by atoms with E-state index in [2.05, 4.69) is 10.3 Å². The lowest BCUT2D eigenvalue weighted by molar-refractivity contribution is -0.125. The van der Waals surface area contributed by atoms with Crippen LogP contribution in [0, 0.1) is 11.6 Å². The van der Waals surface area contributed by atoms with Crippen molar-refractivity contribution >= 4 is 5.91 Å². The highest BCUT2D eigenvalue weighted by atomic mass is 19.1. The van der Waals surface area contributed by atoms with Crippen molar-refractivity contribution < 1.29 is 18.3 Å². The summed E-state index contributed by atoms with van der Waals surface area (Å²) in [7, 11) is 3.37. The summed E-state index contributed by atoms with van der Waals surface area (Å²) in [6.07, 6.45) is 3.57. The van der Waals surface area contributed by atoms with Crippen LogP contribution in [-0.2, 0) is 23.1 Å². The molecule has 1 N–H and O–H groups in total. The molecule has 2 atom stereocenters. The normalized spacial score (nSPS) is 20.5. The molecule has 1 aliphatic rings. The molecule has 8 heteroatoms. The molecule has 1 saturated heterocycles. The molecule has 0 unspecified atom stereocenters. The van der Waals surface area contributed by atoms with Crippen LogP contribution in [0.25, 0.3) is 0 Å². The maximum Gasteiger partial charge on any atom is 0.246 e. The number of rotatable bonds is 6. The molecule has 140 valence electrons. The maximum atomic E-state index is 14.0. The highest BCUT2D eigenvalue weighted by Gasteiger charge is 2.37. The summed E-state index contributed by atoms with van der Waals surface area (Å²) in [5.74, 6) is -0.533. The Balaban J connectivity index is 1.77. The molecule has 0 radical (unpaired) electrons. The van der Waals surface area contributed by atoms with Gasteiger partial charge in [-0.25, -0.2) is 13.8 Å². The lowest BCUT2D eigenvalue weighted by Crippen LogP contribution is -2.42. The van der Waals surface area contributed by atoms with Gasteiger partial charge in [-0.15, -0.1) is 0 Å². The van der Waals surface area contributed by atoms with Crippen molar-refractivity contribution in [1.29, 1.82) is 0 Å². The van der Waals surface area contributed by atoms with E-state index in [9.17, 15) is 13.6 Å². The van der Waals surface area contributed by atoms with E-state index < -0.39 is 11.6 Å². The molecule has 1 fully saturated rings. The number of halogens is 2. The fourth-order valence-corrected chi connectivity index (χ4v) is 3.43. The van der Waals surface area contributed by atoms with Crippen LogP contribution in [0.5, 0.6) is 0 Å². The number of methoxy groups -OCH3 is 1. The van der Waals surface area contributed by atoms with Gasteiger partial charge in [-0.3, -0.25) is 9.69 Å². The second-order valence-electron chi connectivity index (χ2n) is 6.54. The number of carbonyl (C=O) groups excluding carboxylic acids is 1. The first-order chi connectivity index (χ1) is 12.5. The van der Waals surface area contributed by atoms with Crippen molar-refractivity contribution in [1.82, 2.24) is 19.8 Å². The van der Waals surface area contributed by atoms with Gasteiger partial charge in [0.1, 0.15) is 24.1 Å². The fraction of sp³-hybridized carbons (Fsp3) is 0.444. The molecule has 1 aromatic heterocycles. The second kappa shape index (κ2) is 7.92. The predicted octanol–water partition coefficient (Wildman–Crippen LogP) is 1.43. The molecule has 0 saturated carbocycles. The number of carbonyl (C=O) groups is 1. The van der Waals surface area contributed by atoms with Gasteiger partial charge in [-0.2, -0.15) is 0 Å². The van der Waals surface area contributed by atoms with Gasteiger partial charge in [0.15, 0.2) is 0 Å². The Labute approximate surface area is 150 Å². The number of nitrogens with zero attached hydrogens (tertiary/aromatic N) is 3.